The highest BCUT2D eigenvalue weighted by Gasteiger charge is 2.61. The molecule has 0 aromatic heterocycles. The molecule has 7 aliphatic rings. The van der Waals surface area contributed by atoms with Crippen molar-refractivity contribution >= 4 is 17.7 Å². The van der Waals surface area contributed by atoms with Gasteiger partial charge in [0.05, 0.1) is 25.3 Å². The molecule has 3 aromatic rings. The van der Waals surface area contributed by atoms with Crippen LogP contribution in [-0.2, 0) is 27.9 Å². The number of nitriles is 1. The van der Waals surface area contributed by atoms with E-state index in [1.165, 1.54) is 0 Å². The van der Waals surface area contributed by atoms with Gasteiger partial charge in [-0.15, -0.1) is 11.8 Å². The number of carbonyl (C=O) groups is 1. The third kappa shape index (κ3) is 4.26. The van der Waals surface area contributed by atoms with E-state index in [1.807, 2.05) is 19.9 Å². The number of fused-ring (bicyclic) bond motifs is 9. The van der Waals surface area contributed by atoms with E-state index in [-0.39, 0.29) is 54.2 Å². The Morgan fingerprint density at radius 2 is 1.80 bits per heavy atom. The first kappa shape index (κ1) is 32.7. The number of carbonyl (C=O) groups excluding carboxylic acids is 1. The molecule has 0 amide bonds. The SMILES string of the molecule is COc1c(C)cc2c(c1O)[C@@H]1[C@@H]3[C@@H]4SC[C@]5(NCCc6cc(O)c(C)cc65)C(=O)OC[C@@H](c5c6c(c(C)c(C)c54)OCO6)N3[C@@H](C#N)[C@H](C2)N1C. The number of phenolic OH excluding ortho intramolecular Hbond substituents is 2. The Labute approximate surface area is 301 Å². The van der Waals surface area contributed by atoms with E-state index in [9.17, 15) is 20.3 Å². The fraction of sp³-hybridized carbons (Fsp3) is 0.487. The van der Waals surface area contributed by atoms with E-state index in [0.717, 1.165) is 50.1 Å². The number of ether oxygens (including phenoxy) is 4. The first-order valence-corrected chi connectivity index (χ1v) is 18.6. The quantitative estimate of drug-likeness (QED) is 0.303. The van der Waals surface area contributed by atoms with Crippen molar-refractivity contribution in [2.24, 2.45) is 0 Å². The molecule has 1 spiro atoms. The predicted molar refractivity (Wildman–Crippen MR) is 190 cm³/mol. The number of nitrogens with one attached hydrogen (secondary N) is 1. The molecule has 11 nitrogen and oxygen atoms in total. The van der Waals surface area contributed by atoms with Crippen LogP contribution in [0.2, 0.25) is 0 Å². The average molecular weight is 711 g/mol. The molecule has 0 aliphatic carbocycles. The van der Waals surface area contributed by atoms with E-state index < -0.39 is 17.6 Å². The van der Waals surface area contributed by atoms with Crippen molar-refractivity contribution in [3.63, 3.8) is 0 Å². The number of methoxy groups -OCH3 is 1. The number of aromatic hydroxyl groups is 2. The van der Waals surface area contributed by atoms with Crippen LogP contribution in [0.1, 0.15) is 73.0 Å². The maximum atomic E-state index is 14.6. The summed E-state index contributed by atoms with van der Waals surface area (Å²) in [4.78, 5) is 19.2. The van der Waals surface area contributed by atoms with E-state index in [2.05, 4.69) is 48.1 Å². The van der Waals surface area contributed by atoms with Crippen LogP contribution in [0.15, 0.2) is 18.2 Å². The molecule has 3 aromatic carbocycles. The molecule has 0 unspecified atom stereocenters. The largest absolute Gasteiger partial charge is 0.508 e. The summed E-state index contributed by atoms with van der Waals surface area (Å²) in [7, 11) is 3.65. The first-order valence-electron chi connectivity index (χ1n) is 17.6. The summed E-state index contributed by atoms with van der Waals surface area (Å²) in [6, 6.07) is 6.62. The van der Waals surface area contributed by atoms with Crippen LogP contribution in [0.25, 0.3) is 0 Å². The number of benzene rings is 3. The Bertz CT molecular complexity index is 2080. The summed E-state index contributed by atoms with van der Waals surface area (Å²) in [6.07, 6.45) is 1.24. The van der Waals surface area contributed by atoms with E-state index >= 15 is 0 Å². The molecule has 2 fully saturated rings. The van der Waals surface area contributed by atoms with Gasteiger partial charge >= 0.3 is 5.97 Å². The molecule has 51 heavy (non-hydrogen) atoms. The molecule has 7 atom stereocenters. The molecule has 10 rings (SSSR count). The molecule has 12 heteroatoms. The normalized spacial score (nSPS) is 30.5. The van der Waals surface area contributed by atoms with Gasteiger partial charge in [0.25, 0.3) is 0 Å². The van der Waals surface area contributed by atoms with Crippen LogP contribution in [0.3, 0.4) is 0 Å². The van der Waals surface area contributed by atoms with Crippen molar-refractivity contribution in [2.75, 3.05) is 39.9 Å². The summed E-state index contributed by atoms with van der Waals surface area (Å²) < 4.78 is 24.6. The zero-order chi connectivity index (χ0) is 35.7. The average Bonchev–Trinajstić information content (AvgIpc) is 3.60. The van der Waals surface area contributed by atoms with Gasteiger partial charge in [0.15, 0.2) is 28.5 Å². The van der Waals surface area contributed by atoms with E-state index in [0.29, 0.717) is 48.0 Å². The van der Waals surface area contributed by atoms with Gasteiger partial charge in [-0.25, -0.2) is 4.79 Å². The summed E-state index contributed by atoms with van der Waals surface area (Å²) >= 11 is 1.68. The number of nitrogens with zero attached hydrogens (tertiary/aromatic N) is 3. The number of phenols is 2. The zero-order valence-corrected chi connectivity index (χ0v) is 30.4. The molecular formula is C39H42N4O7S. The van der Waals surface area contributed by atoms with Gasteiger partial charge in [-0.3, -0.25) is 15.1 Å². The van der Waals surface area contributed by atoms with Crippen molar-refractivity contribution < 1.29 is 34.0 Å². The van der Waals surface area contributed by atoms with E-state index in [4.69, 9.17) is 18.9 Å². The van der Waals surface area contributed by atoms with Gasteiger partial charge in [-0.2, -0.15) is 5.26 Å². The summed E-state index contributed by atoms with van der Waals surface area (Å²) in [5, 5.41) is 37.0. The van der Waals surface area contributed by atoms with Crippen LogP contribution in [0.5, 0.6) is 28.7 Å². The lowest BCUT2D eigenvalue weighted by Crippen LogP contribution is -2.69. The number of hydrogen-bond acceptors (Lipinski definition) is 12. The first-order chi connectivity index (χ1) is 24.5. The van der Waals surface area contributed by atoms with Crippen molar-refractivity contribution in [2.45, 2.75) is 81.5 Å². The van der Waals surface area contributed by atoms with Crippen LogP contribution in [0, 0.1) is 39.0 Å². The van der Waals surface area contributed by atoms with Gasteiger partial charge in [0, 0.05) is 40.8 Å². The van der Waals surface area contributed by atoms with Gasteiger partial charge < -0.3 is 29.2 Å². The molecular weight excluding hydrogens is 669 g/mol. The second-order valence-corrected chi connectivity index (χ2v) is 16.0. The monoisotopic (exact) mass is 710 g/mol. The number of rotatable bonds is 1. The lowest BCUT2D eigenvalue weighted by Gasteiger charge is -2.62. The van der Waals surface area contributed by atoms with Gasteiger partial charge in [0.1, 0.15) is 18.4 Å². The third-order valence-electron chi connectivity index (χ3n) is 12.6. The molecule has 266 valence electrons. The van der Waals surface area contributed by atoms with Crippen LogP contribution in [-0.4, -0.2) is 84.0 Å². The Hall–Kier alpha value is -4.15. The van der Waals surface area contributed by atoms with Crippen LogP contribution in [0.4, 0.5) is 0 Å². The molecule has 2 saturated heterocycles. The number of hydrogen-bond donors (Lipinski definition) is 3. The second-order valence-electron chi connectivity index (χ2n) is 14.9. The van der Waals surface area contributed by atoms with Crippen molar-refractivity contribution in [1.82, 2.24) is 15.1 Å². The maximum Gasteiger partial charge on any atom is 0.331 e. The fourth-order valence-electron chi connectivity index (χ4n) is 10.1. The number of aryl methyl sites for hydroxylation is 2. The standard InChI is InChI=1S/C39H42N4O7S/c1-17-10-23-21(12-27(17)44)7-8-41-39(23)15-51-37-28-19(3)20(4)35-36(50-16-49-35)30(28)26(14-48-38(39)46)43-25(13-40)24-11-22-9-18(2)34(47-6)33(45)29(22)31(32(37)43)42(24)5/h9-10,12,24-26,31-32,37,41,44-45H,7-8,11,14-16H2,1-6H3/t24-,25-,26-,31+,32+,37+,39+/m0/s1. The molecule has 7 aliphatic heterocycles. The number of thioether (sulfide) groups is 1. The topological polar surface area (TPSA) is 137 Å². The van der Waals surface area contributed by atoms with Crippen LogP contribution >= 0.6 is 11.8 Å². The van der Waals surface area contributed by atoms with Gasteiger partial charge in [0.2, 0.25) is 6.79 Å². The van der Waals surface area contributed by atoms with Crippen LogP contribution < -0.4 is 19.5 Å². The van der Waals surface area contributed by atoms with Crippen molar-refractivity contribution in [3.05, 3.63) is 73.8 Å². The maximum absolute atomic E-state index is 14.6. The summed E-state index contributed by atoms with van der Waals surface area (Å²) in [5.41, 5.74) is 8.07. The minimum atomic E-state index is -1.16. The Morgan fingerprint density at radius 3 is 2.57 bits per heavy atom. The second kappa shape index (κ2) is 11.4. The molecule has 3 N–H and O–H groups in total. The Kier molecular flexibility index (Phi) is 7.33. The summed E-state index contributed by atoms with van der Waals surface area (Å²) in [6.45, 7) is 8.60. The summed E-state index contributed by atoms with van der Waals surface area (Å²) in [5.74, 6) is 2.11. The highest BCUT2D eigenvalue weighted by Crippen LogP contribution is 2.63. The molecule has 0 radical (unpaired) electrons. The number of likely N-dealkylation sites (N-methyl/N-ethyl adjacent to an activating group) is 1. The van der Waals surface area contributed by atoms with Crippen molar-refractivity contribution in [3.8, 4) is 34.8 Å². The highest BCUT2D eigenvalue weighted by atomic mass is 32.2. The molecule has 0 saturated carbocycles. The third-order valence-corrected chi connectivity index (χ3v) is 14.1. The fourth-order valence-corrected chi connectivity index (χ4v) is 11.9. The number of esters is 1. The molecule has 4 bridgehead atoms. The Morgan fingerprint density at radius 1 is 1.02 bits per heavy atom. The van der Waals surface area contributed by atoms with Gasteiger partial charge in [-0.1, -0.05) is 6.07 Å². The van der Waals surface area contributed by atoms with Crippen molar-refractivity contribution in [1.29, 1.82) is 5.26 Å². The minimum Gasteiger partial charge on any atom is -0.508 e. The molecule has 7 heterocycles. The van der Waals surface area contributed by atoms with Gasteiger partial charge in [-0.05, 0) is 104 Å². The smallest absolute Gasteiger partial charge is 0.331 e. The zero-order valence-electron chi connectivity index (χ0n) is 29.6. The van der Waals surface area contributed by atoms with E-state index in [1.54, 1.807) is 24.9 Å². The minimum absolute atomic E-state index is 0.00869. The lowest BCUT2D eigenvalue weighted by atomic mass is 9.71. The highest BCUT2D eigenvalue weighted by molar-refractivity contribution is 7.99. The Balaban J connectivity index is 1.31. The predicted octanol–water partition coefficient (Wildman–Crippen LogP) is 4.67. The number of piperazine rings is 1. The lowest BCUT2D eigenvalue weighted by molar-refractivity contribution is -0.157.